The lowest BCUT2D eigenvalue weighted by atomic mass is 10.2. The van der Waals surface area contributed by atoms with E-state index < -0.39 is 0 Å². The molecule has 0 saturated carbocycles. The first kappa shape index (κ1) is 13.6. The molecule has 3 rings (SSSR count). The van der Waals surface area contributed by atoms with Crippen molar-refractivity contribution in [1.82, 2.24) is 24.5 Å². The van der Waals surface area contributed by atoms with Gasteiger partial charge in [-0.1, -0.05) is 0 Å². The summed E-state index contributed by atoms with van der Waals surface area (Å²) in [5.74, 6) is 1.44. The molecule has 0 amide bonds. The summed E-state index contributed by atoms with van der Waals surface area (Å²) in [6.45, 7) is 6.98. The Morgan fingerprint density at radius 3 is 2.76 bits per heavy atom. The van der Waals surface area contributed by atoms with Crippen LogP contribution in [0.4, 0.5) is 5.82 Å². The van der Waals surface area contributed by atoms with Crippen LogP contribution in [0.3, 0.4) is 0 Å². The van der Waals surface area contributed by atoms with Crippen molar-refractivity contribution < 1.29 is 0 Å². The summed E-state index contributed by atoms with van der Waals surface area (Å²) in [6.07, 6.45) is 0. The third-order valence-electron chi connectivity index (χ3n) is 3.93. The van der Waals surface area contributed by atoms with E-state index in [0.29, 0.717) is 11.5 Å². The smallest absolute Gasteiger partial charge is 0.349 e. The van der Waals surface area contributed by atoms with Crippen molar-refractivity contribution in [1.29, 1.82) is 5.26 Å². The van der Waals surface area contributed by atoms with Crippen molar-refractivity contribution in [2.45, 2.75) is 19.9 Å². The summed E-state index contributed by atoms with van der Waals surface area (Å²) < 4.78 is 1.46. The topological polar surface area (TPSA) is 93.3 Å². The molecule has 1 saturated heterocycles. The predicted molar refractivity (Wildman–Crippen MR) is 77.2 cm³/mol. The third-order valence-corrected chi connectivity index (χ3v) is 3.93. The molecule has 1 N–H and O–H groups in total. The highest BCUT2D eigenvalue weighted by Crippen LogP contribution is 2.16. The fourth-order valence-electron chi connectivity index (χ4n) is 2.66. The number of nitrogens with zero attached hydrogens (tertiary/aromatic N) is 6. The lowest BCUT2D eigenvalue weighted by Gasteiger charge is -2.36. The summed E-state index contributed by atoms with van der Waals surface area (Å²) in [5.41, 5.74) is 0.310. The van der Waals surface area contributed by atoms with E-state index in [2.05, 4.69) is 31.1 Å². The second-order valence-electron chi connectivity index (χ2n) is 5.21. The number of nitrogens with one attached hydrogen (secondary N) is 1. The zero-order valence-corrected chi connectivity index (χ0v) is 12.1. The van der Waals surface area contributed by atoms with Crippen molar-refractivity contribution in [2.24, 2.45) is 0 Å². The molecule has 0 aromatic carbocycles. The number of hydrogen-bond acceptors (Lipinski definition) is 6. The highest BCUT2D eigenvalue weighted by molar-refractivity contribution is 5.51. The van der Waals surface area contributed by atoms with Gasteiger partial charge >= 0.3 is 5.69 Å². The van der Waals surface area contributed by atoms with Crippen molar-refractivity contribution in [3.05, 3.63) is 22.4 Å². The average molecular weight is 287 g/mol. The van der Waals surface area contributed by atoms with Crippen LogP contribution >= 0.6 is 0 Å². The second-order valence-corrected chi connectivity index (χ2v) is 5.21. The van der Waals surface area contributed by atoms with E-state index in [-0.39, 0.29) is 11.7 Å². The molecular weight excluding hydrogens is 270 g/mol. The van der Waals surface area contributed by atoms with Crippen LogP contribution in [0.2, 0.25) is 0 Å². The normalized spacial score (nSPS) is 17.9. The first-order valence-corrected chi connectivity index (χ1v) is 6.93. The van der Waals surface area contributed by atoms with E-state index in [1.165, 1.54) is 4.40 Å². The van der Waals surface area contributed by atoms with Crippen LogP contribution < -0.4 is 10.6 Å². The summed E-state index contributed by atoms with van der Waals surface area (Å²) in [4.78, 5) is 20.4. The molecule has 1 fully saturated rings. The minimum Gasteiger partial charge on any atom is -0.354 e. The van der Waals surface area contributed by atoms with Crippen LogP contribution in [0.1, 0.15) is 12.7 Å². The maximum atomic E-state index is 11.6. The molecule has 2 aromatic heterocycles. The number of rotatable bonds is 2. The Bertz CT molecular complexity index is 748. The third kappa shape index (κ3) is 2.36. The quantitative estimate of drug-likeness (QED) is 0.819. The van der Waals surface area contributed by atoms with Crippen LogP contribution in [0.15, 0.2) is 10.9 Å². The zero-order chi connectivity index (χ0) is 15.0. The summed E-state index contributed by atoms with van der Waals surface area (Å²) in [5, 5.41) is 15.4. The predicted octanol–water partition coefficient (Wildman–Crippen LogP) is -0.240. The Morgan fingerprint density at radius 2 is 2.10 bits per heavy atom. The van der Waals surface area contributed by atoms with Crippen LogP contribution in [0, 0.1) is 18.3 Å². The summed E-state index contributed by atoms with van der Waals surface area (Å²) >= 11 is 0. The van der Waals surface area contributed by atoms with E-state index in [1.54, 1.807) is 6.92 Å². The first-order valence-electron chi connectivity index (χ1n) is 6.93. The van der Waals surface area contributed by atoms with Crippen molar-refractivity contribution in [3.8, 4) is 6.07 Å². The number of aryl methyl sites for hydroxylation is 1. The number of hydrogen-bond donors (Lipinski definition) is 1. The Labute approximate surface area is 121 Å². The maximum absolute atomic E-state index is 11.6. The van der Waals surface area contributed by atoms with Crippen molar-refractivity contribution >= 4 is 11.5 Å². The lowest BCUT2D eigenvalue weighted by molar-refractivity contribution is 0.231. The maximum Gasteiger partial charge on any atom is 0.349 e. The highest BCUT2D eigenvalue weighted by Gasteiger charge is 2.22. The largest absolute Gasteiger partial charge is 0.354 e. The number of fused-ring (bicyclic) bond motifs is 1. The van der Waals surface area contributed by atoms with Crippen LogP contribution in [0.5, 0.6) is 0 Å². The Morgan fingerprint density at radius 1 is 1.38 bits per heavy atom. The molecule has 21 heavy (non-hydrogen) atoms. The minimum atomic E-state index is -0.269. The van der Waals surface area contributed by atoms with E-state index in [4.69, 9.17) is 5.26 Å². The molecule has 1 unspecified atom stereocenters. The van der Waals surface area contributed by atoms with E-state index >= 15 is 0 Å². The molecule has 0 aliphatic carbocycles. The number of nitriles is 1. The van der Waals surface area contributed by atoms with Gasteiger partial charge < -0.3 is 4.90 Å². The highest BCUT2D eigenvalue weighted by atomic mass is 16.1. The monoisotopic (exact) mass is 287 g/mol. The molecule has 1 aliphatic heterocycles. The number of anilines is 1. The molecule has 0 radical (unpaired) electrons. The van der Waals surface area contributed by atoms with Crippen molar-refractivity contribution in [3.63, 3.8) is 0 Å². The Kier molecular flexibility index (Phi) is 3.35. The number of aromatic amines is 1. The van der Waals surface area contributed by atoms with Crippen LogP contribution in [0.25, 0.3) is 5.65 Å². The fraction of sp³-hybridized carbons (Fsp3) is 0.538. The molecule has 2 aromatic rings. The van der Waals surface area contributed by atoms with Gasteiger partial charge in [-0.2, -0.15) is 10.4 Å². The molecule has 8 heteroatoms. The van der Waals surface area contributed by atoms with Gasteiger partial charge in [0, 0.05) is 32.2 Å². The standard InChI is InChI=1S/C13H17N7O/c1-9(8-14)18-3-5-19(6-4-18)11-7-12-16-17-13(21)20(12)10(2)15-11/h7,9H,3-6H2,1-2H3,(H,17,21). The van der Waals surface area contributed by atoms with Crippen molar-refractivity contribution in [2.75, 3.05) is 31.1 Å². The first-order chi connectivity index (χ1) is 10.1. The van der Waals surface area contributed by atoms with E-state index in [0.717, 1.165) is 32.0 Å². The second kappa shape index (κ2) is 5.18. The Hall–Kier alpha value is -2.40. The number of piperazine rings is 1. The average Bonchev–Trinajstić information content (AvgIpc) is 2.88. The van der Waals surface area contributed by atoms with Crippen LogP contribution in [-0.4, -0.2) is 56.7 Å². The molecule has 0 bridgehead atoms. The Balaban J connectivity index is 1.83. The van der Waals surface area contributed by atoms with Gasteiger partial charge in [-0.15, -0.1) is 0 Å². The van der Waals surface area contributed by atoms with Gasteiger partial charge in [0.05, 0.1) is 12.1 Å². The van der Waals surface area contributed by atoms with Gasteiger partial charge in [-0.25, -0.2) is 19.3 Å². The fourth-order valence-corrected chi connectivity index (χ4v) is 2.66. The molecule has 1 aliphatic rings. The van der Waals surface area contributed by atoms with Gasteiger partial charge in [0.2, 0.25) is 0 Å². The summed E-state index contributed by atoms with van der Waals surface area (Å²) in [6, 6.07) is 4.02. The summed E-state index contributed by atoms with van der Waals surface area (Å²) in [7, 11) is 0. The molecule has 3 heterocycles. The van der Waals surface area contributed by atoms with Gasteiger partial charge in [0.15, 0.2) is 5.65 Å². The molecular formula is C13H17N7O. The number of aromatic nitrogens is 4. The lowest BCUT2D eigenvalue weighted by Crippen LogP contribution is -2.49. The van der Waals surface area contributed by atoms with E-state index in [1.807, 2.05) is 13.0 Å². The molecule has 1 atom stereocenters. The van der Waals surface area contributed by atoms with Crippen LogP contribution in [-0.2, 0) is 0 Å². The number of H-pyrrole nitrogens is 1. The van der Waals surface area contributed by atoms with Gasteiger partial charge in [-0.05, 0) is 13.8 Å². The van der Waals surface area contributed by atoms with Gasteiger partial charge in [-0.3, -0.25) is 4.90 Å². The van der Waals surface area contributed by atoms with E-state index in [9.17, 15) is 4.79 Å². The minimum absolute atomic E-state index is 0.0609. The zero-order valence-electron chi connectivity index (χ0n) is 12.1. The van der Waals surface area contributed by atoms with Gasteiger partial charge in [0.25, 0.3) is 0 Å². The molecule has 8 nitrogen and oxygen atoms in total. The SMILES string of the molecule is Cc1nc(N2CCN(C(C)C#N)CC2)cc2n[nH]c(=O)n12. The molecule has 0 spiro atoms. The molecule has 110 valence electrons. The van der Waals surface area contributed by atoms with Gasteiger partial charge in [0.1, 0.15) is 11.6 Å².